The van der Waals surface area contributed by atoms with Crippen molar-refractivity contribution in [1.82, 2.24) is 19.9 Å². The number of nitrogens with zero attached hydrogens (tertiary/aromatic N) is 2. The Morgan fingerprint density at radius 1 is 0.667 bits per heavy atom. The number of carbonyl (C=O) groups excluding carboxylic acids is 2. The number of benzene rings is 5. The molecule has 0 spiro atoms. The maximum absolute atomic E-state index is 12.7. The van der Waals surface area contributed by atoms with Gasteiger partial charge in [0.25, 0.3) is 0 Å². The molecule has 0 aliphatic carbocycles. The molecule has 0 aliphatic heterocycles. The molecule has 288 valence electrons. The zero-order chi connectivity index (χ0) is 40.3. The van der Waals surface area contributed by atoms with Crippen molar-refractivity contribution in [2.45, 2.75) is 71.5 Å². The van der Waals surface area contributed by atoms with Crippen LogP contribution in [0.25, 0.3) is 55.3 Å². The van der Waals surface area contributed by atoms with Gasteiger partial charge in [0.2, 0.25) is 0 Å². The molecule has 57 heavy (non-hydrogen) atoms. The minimum absolute atomic E-state index is 0.108. The van der Waals surface area contributed by atoms with E-state index in [1.165, 1.54) is 0 Å². The first-order valence-electron chi connectivity index (χ1n) is 19.2. The van der Waals surface area contributed by atoms with Crippen molar-refractivity contribution in [2.75, 3.05) is 0 Å². The summed E-state index contributed by atoms with van der Waals surface area (Å²) in [5.41, 5.74) is 7.59. The van der Waals surface area contributed by atoms with Crippen LogP contribution in [0.1, 0.15) is 76.5 Å². The average molecular weight is 759 g/mol. The van der Waals surface area contributed by atoms with Crippen LogP contribution in [0.3, 0.4) is 0 Å². The van der Waals surface area contributed by atoms with Gasteiger partial charge in [-0.05, 0) is 102 Å². The van der Waals surface area contributed by atoms with Crippen molar-refractivity contribution in [1.29, 1.82) is 10.8 Å². The first-order valence-corrected chi connectivity index (χ1v) is 19.2. The van der Waals surface area contributed by atoms with Crippen molar-refractivity contribution < 1.29 is 19.1 Å². The van der Waals surface area contributed by atoms with Gasteiger partial charge >= 0.3 is 11.9 Å². The van der Waals surface area contributed by atoms with Crippen molar-refractivity contribution in [3.63, 3.8) is 0 Å². The van der Waals surface area contributed by atoms with Crippen LogP contribution in [0.2, 0.25) is 0 Å². The van der Waals surface area contributed by atoms with Gasteiger partial charge in [0.1, 0.15) is 35.3 Å². The van der Waals surface area contributed by atoms with Gasteiger partial charge in [-0.3, -0.25) is 10.8 Å². The van der Waals surface area contributed by atoms with E-state index < -0.39 is 29.4 Å². The number of fused-ring (bicyclic) bond motifs is 2. The average Bonchev–Trinajstić information content (AvgIpc) is 3.87. The van der Waals surface area contributed by atoms with Crippen LogP contribution < -0.4 is 0 Å². The van der Waals surface area contributed by atoms with Gasteiger partial charge in [-0.2, -0.15) is 0 Å². The lowest BCUT2D eigenvalue weighted by molar-refractivity contribution is -0.146. The number of aromatic nitrogens is 4. The summed E-state index contributed by atoms with van der Waals surface area (Å²) in [5.74, 6) is -1.14. The van der Waals surface area contributed by atoms with Gasteiger partial charge in [-0.25, -0.2) is 19.6 Å². The highest BCUT2D eigenvalue weighted by Gasteiger charge is 2.29. The van der Waals surface area contributed by atoms with Crippen LogP contribution in [0, 0.1) is 10.8 Å². The number of imidazole rings is 2. The van der Waals surface area contributed by atoms with Crippen molar-refractivity contribution in [2.24, 2.45) is 0 Å². The summed E-state index contributed by atoms with van der Waals surface area (Å²) in [4.78, 5) is 41.4. The standard InChI is InChI=1S/C47H46N6O4/c1-6-36(41(48)45(54)56-27-28-11-9-8-10-12-28)43-50-26-40(53-43)30-15-13-29(14-16-30)31-17-18-33-24-34(20-19-32(33)23-31)35-21-22-38-39(25-35)52-44(51-38)37(7-2)42(49)46(55)57-47(3,4)5/h8-26,36-37,48-49H,6-7,27H2,1-5H3,(H,50,53)(H,51,52)/t36?,37-/m0/s1. The first kappa shape index (κ1) is 38.6. The number of hydrogen-bond acceptors (Lipinski definition) is 8. The number of esters is 2. The molecular weight excluding hydrogens is 713 g/mol. The van der Waals surface area contributed by atoms with E-state index in [2.05, 4.69) is 69.5 Å². The first-order chi connectivity index (χ1) is 27.4. The molecule has 0 radical (unpaired) electrons. The molecule has 7 rings (SSSR count). The summed E-state index contributed by atoms with van der Waals surface area (Å²) in [7, 11) is 0. The summed E-state index contributed by atoms with van der Waals surface area (Å²) in [5, 5.41) is 19.3. The summed E-state index contributed by atoms with van der Waals surface area (Å²) in [6.45, 7) is 9.36. The normalized spacial score (nSPS) is 12.6. The molecule has 2 atom stereocenters. The molecule has 1 unspecified atom stereocenters. The zero-order valence-electron chi connectivity index (χ0n) is 32.8. The minimum atomic E-state index is -0.678. The van der Waals surface area contributed by atoms with E-state index in [4.69, 9.17) is 25.3 Å². The zero-order valence-corrected chi connectivity index (χ0v) is 32.8. The van der Waals surface area contributed by atoms with E-state index in [9.17, 15) is 9.59 Å². The maximum Gasteiger partial charge on any atom is 0.353 e. The van der Waals surface area contributed by atoms with E-state index >= 15 is 0 Å². The number of carbonyl (C=O) groups is 2. The smallest absolute Gasteiger partial charge is 0.353 e. The Labute approximate surface area is 331 Å². The molecule has 7 aromatic rings. The lowest BCUT2D eigenvalue weighted by Crippen LogP contribution is -2.31. The SMILES string of the molecule is CCC(C(=N)C(=O)OCc1ccccc1)c1ncc(-c2ccc(-c3ccc4cc(-c5ccc6nc([C@@H](CC)C(=N)C(=O)OC(C)(C)C)[nH]c6c5)ccc4c3)cc2)[nH]1. The van der Waals surface area contributed by atoms with Crippen molar-refractivity contribution in [3.05, 3.63) is 133 Å². The third-order valence-electron chi connectivity index (χ3n) is 10.0. The number of H-pyrrole nitrogens is 2. The largest absolute Gasteiger partial charge is 0.456 e. The molecule has 10 heteroatoms. The lowest BCUT2D eigenvalue weighted by Gasteiger charge is -2.21. The van der Waals surface area contributed by atoms with Gasteiger partial charge in [0.15, 0.2) is 0 Å². The number of nitrogens with one attached hydrogen (secondary N) is 4. The van der Waals surface area contributed by atoms with Gasteiger partial charge in [-0.1, -0.05) is 98.8 Å². The Balaban J connectivity index is 1.03. The van der Waals surface area contributed by atoms with Gasteiger partial charge < -0.3 is 19.4 Å². The number of rotatable bonds is 13. The molecule has 4 N–H and O–H groups in total. The van der Waals surface area contributed by atoms with Crippen LogP contribution in [0.4, 0.5) is 0 Å². The van der Waals surface area contributed by atoms with Crippen LogP contribution >= 0.6 is 0 Å². The second-order valence-corrected chi connectivity index (χ2v) is 15.2. The molecule has 0 aliphatic rings. The minimum Gasteiger partial charge on any atom is -0.456 e. The quantitative estimate of drug-likeness (QED) is 0.0677. The van der Waals surface area contributed by atoms with Crippen LogP contribution in [0.5, 0.6) is 0 Å². The van der Waals surface area contributed by atoms with Gasteiger partial charge in [-0.15, -0.1) is 0 Å². The molecule has 0 fully saturated rings. The van der Waals surface area contributed by atoms with Gasteiger partial charge in [0.05, 0.1) is 34.8 Å². The topological polar surface area (TPSA) is 158 Å². The maximum atomic E-state index is 12.7. The molecule has 2 aromatic heterocycles. The Hall–Kier alpha value is -6.68. The van der Waals surface area contributed by atoms with E-state index in [-0.39, 0.29) is 18.0 Å². The summed E-state index contributed by atoms with van der Waals surface area (Å²) in [6, 6.07) is 36.6. The molecule has 0 amide bonds. The lowest BCUT2D eigenvalue weighted by atomic mass is 9.97. The molecule has 2 heterocycles. The van der Waals surface area contributed by atoms with Crippen molar-refractivity contribution in [3.8, 4) is 33.5 Å². The molecular formula is C47H46N6O4. The fraction of sp³-hybridized carbons (Fsp3) is 0.234. The van der Waals surface area contributed by atoms with E-state index in [1.807, 2.05) is 68.4 Å². The fourth-order valence-corrected chi connectivity index (χ4v) is 6.97. The Bertz CT molecular complexity index is 2600. The number of aromatic amines is 2. The van der Waals surface area contributed by atoms with Crippen LogP contribution in [-0.4, -0.2) is 48.9 Å². The molecule has 0 bridgehead atoms. The van der Waals surface area contributed by atoms with E-state index in [1.54, 1.807) is 27.0 Å². The highest BCUT2D eigenvalue weighted by molar-refractivity contribution is 6.37. The molecule has 0 saturated carbocycles. The second kappa shape index (κ2) is 16.2. The second-order valence-electron chi connectivity index (χ2n) is 15.2. The molecule has 0 saturated heterocycles. The van der Waals surface area contributed by atoms with Gasteiger partial charge in [0, 0.05) is 0 Å². The van der Waals surface area contributed by atoms with Crippen molar-refractivity contribution >= 4 is 45.2 Å². The summed E-state index contributed by atoms with van der Waals surface area (Å²) in [6.07, 6.45) is 2.81. The highest BCUT2D eigenvalue weighted by Crippen LogP contribution is 2.32. The van der Waals surface area contributed by atoms with Crippen LogP contribution in [0.15, 0.2) is 115 Å². The summed E-state index contributed by atoms with van der Waals surface area (Å²) < 4.78 is 10.9. The number of ether oxygens (including phenoxy) is 2. The molecule has 5 aromatic carbocycles. The highest BCUT2D eigenvalue weighted by atomic mass is 16.6. The third kappa shape index (κ3) is 8.60. The van der Waals surface area contributed by atoms with E-state index in [0.717, 1.165) is 60.9 Å². The molecule has 10 nitrogen and oxygen atoms in total. The Morgan fingerprint density at radius 3 is 1.88 bits per heavy atom. The fourth-order valence-electron chi connectivity index (χ4n) is 6.97. The predicted octanol–water partition coefficient (Wildman–Crippen LogP) is 10.6. The summed E-state index contributed by atoms with van der Waals surface area (Å²) >= 11 is 0. The predicted molar refractivity (Wildman–Crippen MR) is 226 cm³/mol. The Kier molecular flexibility index (Phi) is 11.0. The Morgan fingerprint density at radius 2 is 1.23 bits per heavy atom. The monoisotopic (exact) mass is 758 g/mol. The van der Waals surface area contributed by atoms with Crippen LogP contribution in [-0.2, 0) is 25.7 Å². The third-order valence-corrected chi connectivity index (χ3v) is 10.0. The number of hydrogen-bond donors (Lipinski definition) is 4. The van der Waals surface area contributed by atoms with E-state index in [0.29, 0.717) is 24.5 Å².